The summed E-state index contributed by atoms with van der Waals surface area (Å²) in [7, 11) is 0. The molecule has 37 heavy (non-hydrogen) atoms. The first kappa shape index (κ1) is 25.7. The molecule has 4 atom stereocenters. The highest BCUT2D eigenvalue weighted by molar-refractivity contribution is 8.01. The van der Waals surface area contributed by atoms with Crippen LogP contribution in [0.1, 0.15) is 71.9 Å². The Morgan fingerprint density at radius 1 is 1.11 bits per heavy atom. The van der Waals surface area contributed by atoms with Crippen molar-refractivity contribution in [3.8, 4) is 0 Å². The van der Waals surface area contributed by atoms with Gasteiger partial charge in [0.25, 0.3) is 0 Å². The molecule has 3 saturated heterocycles. The third kappa shape index (κ3) is 4.19. The molecule has 1 N–H and O–H groups in total. The minimum Gasteiger partial charge on any atom is -0.440 e. The number of hydrogen-bond donors (Lipinski definition) is 1. The average Bonchev–Trinajstić information content (AvgIpc) is 3.44. The van der Waals surface area contributed by atoms with E-state index in [2.05, 4.69) is 20.7 Å². The van der Waals surface area contributed by atoms with Gasteiger partial charge in [-0.15, -0.1) is 26.8 Å². The van der Waals surface area contributed by atoms with Crippen molar-refractivity contribution in [2.75, 3.05) is 0 Å². The van der Waals surface area contributed by atoms with Crippen LogP contribution in [0.25, 0.3) is 0 Å². The summed E-state index contributed by atoms with van der Waals surface area (Å²) in [5.41, 5.74) is -0.475. The van der Waals surface area contributed by atoms with E-state index in [0.717, 1.165) is 5.56 Å². The molecule has 5 rings (SSSR count). The predicted octanol–water partition coefficient (Wildman–Crippen LogP) is 2.23. The highest BCUT2D eigenvalue weighted by atomic mass is 32.2. The van der Waals surface area contributed by atoms with Crippen molar-refractivity contribution in [1.29, 1.82) is 0 Å². The quantitative estimate of drug-likeness (QED) is 0.461. The molecule has 2 aromatic rings. The fraction of sp³-hybridized carbons (Fsp3) is 0.600. The monoisotopic (exact) mass is 527 g/mol. The molecule has 1 aromatic heterocycles. The number of thioether (sulfide) groups is 1. The first-order valence-corrected chi connectivity index (χ1v) is 13.2. The Morgan fingerprint density at radius 2 is 1.78 bits per heavy atom. The molecule has 0 saturated carbocycles. The van der Waals surface area contributed by atoms with Crippen molar-refractivity contribution in [2.45, 2.75) is 89.1 Å². The van der Waals surface area contributed by atoms with Gasteiger partial charge in [0.05, 0.1) is 11.1 Å². The van der Waals surface area contributed by atoms with Gasteiger partial charge < -0.3 is 14.5 Å². The minimum atomic E-state index is -0.703. The van der Waals surface area contributed by atoms with Crippen molar-refractivity contribution in [3.05, 3.63) is 41.7 Å². The molecule has 3 aliphatic heterocycles. The second-order valence-electron chi connectivity index (χ2n) is 11.8. The number of nitrogens with zero attached hydrogens (tertiary/aromatic N) is 6. The summed E-state index contributed by atoms with van der Waals surface area (Å²) in [6.07, 6.45) is 0. The lowest BCUT2D eigenvalue weighted by atomic mass is 9.93. The number of β-lactam (4-membered cyclic amide) rings is 1. The molecule has 1 aromatic carbocycles. The number of nitrogens with one attached hydrogen (secondary N) is 1. The van der Waals surface area contributed by atoms with Gasteiger partial charge in [-0.2, -0.15) is 0 Å². The van der Waals surface area contributed by atoms with Gasteiger partial charge in [0.2, 0.25) is 18.5 Å². The Labute approximate surface area is 220 Å². The van der Waals surface area contributed by atoms with Crippen LogP contribution in [0, 0.1) is 5.41 Å². The van der Waals surface area contributed by atoms with Crippen LogP contribution in [0.15, 0.2) is 30.3 Å². The van der Waals surface area contributed by atoms with E-state index in [1.165, 1.54) is 4.80 Å². The molecule has 0 bridgehead atoms. The molecular formula is C25H33N7O4S. The zero-order valence-electron chi connectivity index (χ0n) is 22.1. The molecule has 4 unspecified atom stereocenters. The normalized spacial score (nSPS) is 28.3. The second kappa shape index (κ2) is 8.52. The molecule has 4 heterocycles. The Hall–Kier alpha value is -2.99. The SMILES string of the molecule is CC(C)(C)C(=O)OCn1nnc(C2N3C(=O)C(N4C(=O)C(c5ccccc5)NC4(C)C)C3SC2(C)C)n1. The van der Waals surface area contributed by atoms with E-state index >= 15 is 0 Å². The number of rotatable bonds is 5. The van der Waals surface area contributed by atoms with Crippen molar-refractivity contribution >= 4 is 29.5 Å². The molecule has 11 nitrogen and oxygen atoms in total. The average molecular weight is 528 g/mol. The molecule has 2 amide bonds. The van der Waals surface area contributed by atoms with Gasteiger partial charge in [-0.3, -0.25) is 19.7 Å². The molecule has 3 fully saturated rings. The first-order valence-electron chi connectivity index (χ1n) is 12.3. The summed E-state index contributed by atoms with van der Waals surface area (Å²) in [4.78, 5) is 44.0. The number of amides is 2. The molecule has 3 aliphatic rings. The summed E-state index contributed by atoms with van der Waals surface area (Å²) in [6.45, 7) is 13.1. The van der Waals surface area contributed by atoms with Gasteiger partial charge in [0.15, 0.2) is 5.82 Å². The number of tetrazole rings is 1. The number of benzene rings is 1. The lowest BCUT2D eigenvalue weighted by molar-refractivity contribution is -0.165. The standard InChI is InChI=1S/C25H33N7O4S/c1-23(2,3)22(35)36-13-30-28-18(27-29-30)17-24(4,5)37-21-16(20(34)31(17)21)32-19(33)15(26-25(32,6)7)14-11-9-8-10-12-14/h8-12,15-17,21,26H,13H2,1-7H3. The maximum Gasteiger partial charge on any atom is 0.313 e. The van der Waals surface area contributed by atoms with Crippen molar-refractivity contribution in [3.63, 3.8) is 0 Å². The number of carbonyl (C=O) groups is 3. The highest BCUT2D eigenvalue weighted by Gasteiger charge is 2.67. The smallest absolute Gasteiger partial charge is 0.313 e. The zero-order valence-corrected chi connectivity index (χ0v) is 22.9. The first-order chi connectivity index (χ1) is 17.2. The predicted molar refractivity (Wildman–Crippen MR) is 135 cm³/mol. The number of fused-ring (bicyclic) bond motifs is 1. The van der Waals surface area contributed by atoms with Crippen LogP contribution in [0.2, 0.25) is 0 Å². The van der Waals surface area contributed by atoms with Gasteiger partial charge in [-0.25, -0.2) is 0 Å². The van der Waals surface area contributed by atoms with E-state index in [1.807, 2.05) is 58.0 Å². The van der Waals surface area contributed by atoms with Gasteiger partial charge >= 0.3 is 5.97 Å². The summed E-state index contributed by atoms with van der Waals surface area (Å²) in [6, 6.07) is 8.02. The molecular weight excluding hydrogens is 494 g/mol. The largest absolute Gasteiger partial charge is 0.440 e. The number of ether oxygens (including phenoxy) is 1. The number of aromatic nitrogens is 4. The van der Waals surface area contributed by atoms with E-state index in [9.17, 15) is 14.4 Å². The van der Waals surface area contributed by atoms with Crippen LogP contribution in [0.3, 0.4) is 0 Å². The van der Waals surface area contributed by atoms with Crippen molar-refractivity contribution in [2.24, 2.45) is 5.41 Å². The maximum absolute atomic E-state index is 13.6. The number of hydrogen-bond acceptors (Lipinski definition) is 9. The van der Waals surface area contributed by atoms with E-state index in [0.29, 0.717) is 5.82 Å². The van der Waals surface area contributed by atoms with Crippen LogP contribution in [0.4, 0.5) is 0 Å². The van der Waals surface area contributed by atoms with Gasteiger partial charge in [-0.1, -0.05) is 30.3 Å². The fourth-order valence-corrected chi connectivity index (χ4v) is 6.93. The fourth-order valence-electron chi connectivity index (χ4n) is 5.26. The van der Waals surface area contributed by atoms with Crippen molar-refractivity contribution in [1.82, 2.24) is 35.3 Å². The lowest BCUT2D eigenvalue weighted by Gasteiger charge is -2.50. The summed E-state index contributed by atoms with van der Waals surface area (Å²) < 4.78 is 4.87. The van der Waals surface area contributed by atoms with Crippen LogP contribution in [-0.4, -0.2) is 69.6 Å². The maximum atomic E-state index is 13.6. The van der Waals surface area contributed by atoms with Crippen molar-refractivity contribution < 1.29 is 19.1 Å². The van der Waals surface area contributed by atoms with E-state index in [-0.39, 0.29) is 29.9 Å². The lowest BCUT2D eigenvalue weighted by Crippen LogP contribution is -2.71. The Morgan fingerprint density at radius 3 is 2.43 bits per heavy atom. The summed E-state index contributed by atoms with van der Waals surface area (Å²) >= 11 is 1.63. The second-order valence-corrected chi connectivity index (χ2v) is 13.6. The highest BCUT2D eigenvalue weighted by Crippen LogP contribution is 2.58. The Balaban J connectivity index is 1.35. The molecule has 0 radical (unpaired) electrons. The van der Waals surface area contributed by atoms with E-state index in [1.54, 1.807) is 42.3 Å². The molecule has 198 valence electrons. The van der Waals surface area contributed by atoms with Gasteiger partial charge in [-0.05, 0) is 59.2 Å². The summed E-state index contributed by atoms with van der Waals surface area (Å²) in [5, 5.41) is 15.8. The third-order valence-corrected chi connectivity index (χ3v) is 8.60. The number of carbonyl (C=O) groups excluding carboxylic acids is 3. The third-order valence-electron chi connectivity index (χ3n) is 7.04. The Kier molecular flexibility index (Phi) is 5.91. The number of esters is 1. The van der Waals surface area contributed by atoms with Crippen LogP contribution in [-0.2, 0) is 25.9 Å². The van der Waals surface area contributed by atoms with E-state index in [4.69, 9.17) is 4.74 Å². The molecule has 12 heteroatoms. The Bertz CT molecular complexity index is 1240. The van der Waals surface area contributed by atoms with Crippen LogP contribution < -0.4 is 5.32 Å². The van der Waals surface area contributed by atoms with Gasteiger partial charge in [0.1, 0.15) is 23.5 Å². The van der Waals surface area contributed by atoms with E-state index < -0.39 is 34.0 Å². The van der Waals surface area contributed by atoms with Crippen LogP contribution in [0.5, 0.6) is 0 Å². The topological polar surface area (TPSA) is 123 Å². The molecule has 0 spiro atoms. The van der Waals surface area contributed by atoms with Gasteiger partial charge in [0, 0.05) is 4.75 Å². The molecule has 0 aliphatic carbocycles. The van der Waals surface area contributed by atoms with Crippen LogP contribution >= 0.6 is 11.8 Å². The minimum absolute atomic E-state index is 0.110. The summed E-state index contributed by atoms with van der Waals surface area (Å²) in [5.74, 6) is -0.239. The zero-order chi connectivity index (χ0) is 26.9.